The molecule has 0 N–H and O–H groups in total. The number of fused-ring (bicyclic) bond motifs is 9. The number of hydrogen-bond donors (Lipinski definition) is 0. The molecule has 12 rings (SSSR count). The molecule has 2 heteroatoms. The van der Waals surface area contributed by atoms with Crippen molar-refractivity contribution in [3.8, 4) is 55.9 Å². The van der Waals surface area contributed by atoms with Crippen LogP contribution in [0.5, 0.6) is 0 Å². The van der Waals surface area contributed by atoms with E-state index in [0.717, 1.165) is 11.4 Å². The third kappa shape index (κ3) is 8.86. The first-order chi connectivity index (χ1) is 37.9. The summed E-state index contributed by atoms with van der Waals surface area (Å²) in [4.78, 5) is 0. The van der Waals surface area contributed by atoms with Gasteiger partial charge in [-0.15, -0.1) is 0 Å². The summed E-state index contributed by atoms with van der Waals surface area (Å²) in [6.45, 7) is 52.0. The van der Waals surface area contributed by atoms with Crippen LogP contribution in [0.15, 0.2) is 146 Å². The van der Waals surface area contributed by atoms with Gasteiger partial charge in [0, 0.05) is 56.5 Å². The molecule has 2 aromatic heterocycles. The number of benzene rings is 8. The molecule has 82 heavy (non-hydrogen) atoms. The number of nitrogens with zero attached hydrogens (tertiary/aromatic N) is 2. The highest BCUT2D eigenvalue weighted by Crippen LogP contribution is 2.57. The molecule has 0 atom stereocenters. The van der Waals surface area contributed by atoms with Gasteiger partial charge in [0.05, 0.1) is 11.0 Å². The summed E-state index contributed by atoms with van der Waals surface area (Å²) in [5.74, 6) is 0. The van der Waals surface area contributed by atoms with E-state index in [1.54, 1.807) is 0 Å². The van der Waals surface area contributed by atoms with Crippen molar-refractivity contribution in [1.29, 1.82) is 0 Å². The molecule has 8 aromatic carbocycles. The van der Waals surface area contributed by atoms with Crippen LogP contribution in [0.2, 0.25) is 0 Å². The highest BCUT2D eigenvalue weighted by Gasteiger charge is 2.42. The highest BCUT2D eigenvalue weighted by molar-refractivity contribution is 6.06. The number of rotatable bonds is 4. The average Bonchev–Trinajstić information content (AvgIpc) is 2.39. The van der Waals surface area contributed by atoms with Crippen molar-refractivity contribution in [2.24, 2.45) is 0 Å². The van der Waals surface area contributed by atoms with Crippen molar-refractivity contribution in [3.05, 3.63) is 201 Å². The third-order valence-electron chi connectivity index (χ3n) is 19.3. The zero-order valence-electron chi connectivity index (χ0n) is 53.8. The van der Waals surface area contributed by atoms with Gasteiger partial charge in [0.25, 0.3) is 0 Å². The van der Waals surface area contributed by atoms with E-state index in [4.69, 9.17) is 0 Å². The Kier molecular flexibility index (Phi) is 12.1. The molecule has 0 saturated carbocycles. The standard InChI is InChI=1S/C80H90N2/c1-73(2,3)49-27-33-69-59(37-49)63(61-39-53(77(13,14)15)43-67-71(61)57-31-25-51(75(7,8)9)41-65(57)79(67,19)20)45-81(69)55-29-23-48-36-56(30-24-47(48)35-55)82-46-64(60-38-50(74(4,5)6)28-34-70(60)82)62-40-54(78(16,17)18)44-68-72(62)58-32-26-52(76(10,11)12)42-66(58)80(68,21)22/h23-46H,1-22H3. The van der Waals surface area contributed by atoms with Gasteiger partial charge in [0.1, 0.15) is 0 Å². The Hall–Kier alpha value is -6.90. The maximum absolute atomic E-state index is 2.53. The largest absolute Gasteiger partial charge is 0.316 e. The fraction of sp³-hybridized carbons (Fsp3) is 0.375. The summed E-state index contributed by atoms with van der Waals surface area (Å²) in [5.41, 5.74) is 29.0. The van der Waals surface area contributed by atoms with E-state index in [0.29, 0.717) is 0 Å². The van der Waals surface area contributed by atoms with Gasteiger partial charge < -0.3 is 9.13 Å². The lowest BCUT2D eigenvalue weighted by Gasteiger charge is -2.27. The SMILES string of the molecule is CC(C)(C)c1ccc2c(c1)C(C)(C)c1cc(C(C)(C)C)cc(-c3cn(-c4ccc5cc(-n6cc(-c7cc(C(C)(C)C)cc8c7-c7ccc(C(C)(C)C)cc7C8(C)C)c7cc(C(C)(C)C)ccc76)ccc5c4)c4ccc(C(C)(C)C)cc34)c1-2. The van der Waals surface area contributed by atoms with E-state index in [1.165, 1.54) is 133 Å². The molecule has 2 nitrogen and oxygen atoms in total. The summed E-state index contributed by atoms with van der Waals surface area (Å²) < 4.78 is 4.94. The molecule has 2 aliphatic carbocycles. The molecule has 420 valence electrons. The highest BCUT2D eigenvalue weighted by atomic mass is 15.0. The van der Waals surface area contributed by atoms with E-state index in [1.807, 2.05) is 0 Å². The predicted molar refractivity (Wildman–Crippen MR) is 356 cm³/mol. The first-order valence-electron chi connectivity index (χ1n) is 30.5. The fourth-order valence-corrected chi connectivity index (χ4v) is 13.7. The van der Waals surface area contributed by atoms with Crippen LogP contribution in [0.4, 0.5) is 0 Å². The molecular weight excluding hydrogens is 989 g/mol. The minimum absolute atomic E-state index is 0.0165. The van der Waals surface area contributed by atoms with Crippen molar-refractivity contribution < 1.29 is 0 Å². The molecule has 0 amide bonds. The Bertz CT molecular complexity index is 4020. The second kappa shape index (κ2) is 17.8. The Balaban J connectivity index is 1.03. The van der Waals surface area contributed by atoms with Crippen LogP contribution in [0.3, 0.4) is 0 Å². The molecule has 0 fully saturated rings. The van der Waals surface area contributed by atoms with Crippen LogP contribution in [0, 0.1) is 0 Å². The third-order valence-corrected chi connectivity index (χ3v) is 19.3. The monoisotopic (exact) mass is 1080 g/mol. The van der Waals surface area contributed by atoms with Gasteiger partial charge >= 0.3 is 0 Å². The molecule has 0 radical (unpaired) electrons. The first kappa shape index (κ1) is 55.6. The van der Waals surface area contributed by atoms with Crippen molar-refractivity contribution in [2.75, 3.05) is 0 Å². The number of hydrogen-bond acceptors (Lipinski definition) is 0. The molecule has 10 aromatic rings. The lowest BCUT2D eigenvalue weighted by Crippen LogP contribution is -2.19. The van der Waals surface area contributed by atoms with Crippen molar-refractivity contribution >= 4 is 32.6 Å². The van der Waals surface area contributed by atoms with Crippen LogP contribution in [-0.2, 0) is 43.3 Å². The minimum Gasteiger partial charge on any atom is -0.316 e. The van der Waals surface area contributed by atoms with Gasteiger partial charge in [-0.1, -0.05) is 225 Å². The second-order valence-corrected chi connectivity index (χ2v) is 32.2. The van der Waals surface area contributed by atoms with Gasteiger partial charge in [-0.25, -0.2) is 0 Å². The zero-order chi connectivity index (χ0) is 59.1. The normalized spacial score (nSPS) is 15.1. The summed E-state index contributed by atoms with van der Waals surface area (Å²) in [6, 6.07) is 53.4. The van der Waals surface area contributed by atoms with Gasteiger partial charge in [-0.3, -0.25) is 0 Å². The molecular formula is C80H90N2. The summed E-state index contributed by atoms with van der Waals surface area (Å²) in [5, 5.41) is 5.01. The van der Waals surface area contributed by atoms with Crippen LogP contribution in [0.1, 0.15) is 208 Å². The number of aromatic nitrogens is 2. The first-order valence-corrected chi connectivity index (χ1v) is 30.5. The van der Waals surface area contributed by atoms with Crippen molar-refractivity contribution in [3.63, 3.8) is 0 Å². The fourth-order valence-electron chi connectivity index (χ4n) is 13.7. The molecule has 2 aliphatic rings. The maximum Gasteiger partial charge on any atom is 0.0535 e. The molecule has 0 aliphatic heterocycles. The van der Waals surface area contributed by atoms with Gasteiger partial charge in [-0.05, 0) is 193 Å². The van der Waals surface area contributed by atoms with Crippen LogP contribution < -0.4 is 0 Å². The summed E-state index contributed by atoms with van der Waals surface area (Å²) >= 11 is 0. The van der Waals surface area contributed by atoms with E-state index in [2.05, 4.69) is 307 Å². The topological polar surface area (TPSA) is 9.86 Å². The lowest BCUT2D eigenvalue weighted by atomic mass is 9.76. The maximum atomic E-state index is 2.53. The molecule has 0 saturated heterocycles. The van der Waals surface area contributed by atoms with E-state index in [9.17, 15) is 0 Å². The lowest BCUT2D eigenvalue weighted by molar-refractivity contribution is 0.579. The minimum atomic E-state index is -0.157. The molecule has 0 spiro atoms. The van der Waals surface area contributed by atoms with Crippen LogP contribution in [0.25, 0.3) is 88.5 Å². The van der Waals surface area contributed by atoms with Crippen LogP contribution in [-0.4, -0.2) is 9.13 Å². The van der Waals surface area contributed by atoms with E-state index >= 15 is 0 Å². The van der Waals surface area contributed by atoms with E-state index in [-0.39, 0.29) is 43.3 Å². The van der Waals surface area contributed by atoms with Gasteiger partial charge in [-0.2, -0.15) is 0 Å². The van der Waals surface area contributed by atoms with Gasteiger partial charge in [0.15, 0.2) is 0 Å². The smallest absolute Gasteiger partial charge is 0.0535 e. The van der Waals surface area contributed by atoms with Crippen molar-refractivity contribution in [2.45, 2.75) is 196 Å². The Labute approximate surface area is 492 Å². The molecule has 2 heterocycles. The molecule has 0 unspecified atom stereocenters. The predicted octanol–water partition coefficient (Wildman–Crippen LogP) is 22.5. The summed E-state index contributed by atoms with van der Waals surface area (Å²) in [7, 11) is 0. The summed E-state index contributed by atoms with van der Waals surface area (Å²) in [6.07, 6.45) is 4.91. The van der Waals surface area contributed by atoms with Crippen molar-refractivity contribution in [1.82, 2.24) is 9.13 Å². The van der Waals surface area contributed by atoms with Crippen LogP contribution >= 0.6 is 0 Å². The quantitative estimate of drug-likeness (QED) is 0.166. The zero-order valence-corrected chi connectivity index (χ0v) is 53.8. The molecule has 0 bridgehead atoms. The van der Waals surface area contributed by atoms with E-state index < -0.39 is 0 Å². The Morgan fingerprint density at radius 3 is 0.902 bits per heavy atom. The Morgan fingerprint density at radius 2 is 0.573 bits per heavy atom. The Morgan fingerprint density at radius 1 is 0.268 bits per heavy atom. The average molecular weight is 1080 g/mol. The van der Waals surface area contributed by atoms with Gasteiger partial charge in [0.2, 0.25) is 0 Å². The second-order valence-electron chi connectivity index (χ2n) is 32.2.